The molecule has 1 amide bonds. The van der Waals surface area contributed by atoms with Crippen molar-refractivity contribution in [1.29, 1.82) is 0 Å². The Hall–Kier alpha value is -2.83. The Bertz CT molecular complexity index is 882. The van der Waals surface area contributed by atoms with Gasteiger partial charge < -0.3 is 10.4 Å². The number of aliphatic carboxylic acids is 1. The average Bonchev–Trinajstić information content (AvgIpc) is 2.85. The van der Waals surface area contributed by atoms with Crippen molar-refractivity contribution in [3.8, 4) is 5.69 Å². The Kier molecular flexibility index (Phi) is 4.97. The molecule has 0 spiro atoms. The predicted octanol–water partition coefficient (Wildman–Crippen LogP) is 2.31. The monoisotopic (exact) mass is 357 g/mol. The highest BCUT2D eigenvalue weighted by Gasteiger charge is 2.36. The minimum Gasteiger partial charge on any atom is -0.481 e. The summed E-state index contributed by atoms with van der Waals surface area (Å²) in [6.45, 7) is 1.76. The second-order valence-corrected chi connectivity index (χ2v) is 6.76. The maximum atomic E-state index is 12.9. The number of carbonyl (C=O) groups excluding carboxylic acids is 1. The number of rotatable bonds is 4. The number of nitrogens with zero attached hydrogens (tertiary/aromatic N) is 2. The maximum absolute atomic E-state index is 12.9. The second kappa shape index (κ2) is 7.19. The Morgan fingerprint density at radius 3 is 2.35 bits per heavy atom. The molecule has 2 N–H and O–H groups in total. The summed E-state index contributed by atoms with van der Waals surface area (Å²) < 4.78 is 3.17. The molecule has 0 unspecified atom stereocenters. The van der Waals surface area contributed by atoms with Crippen molar-refractivity contribution < 1.29 is 14.7 Å². The van der Waals surface area contributed by atoms with E-state index in [1.54, 1.807) is 18.7 Å². The summed E-state index contributed by atoms with van der Waals surface area (Å²) in [6.07, 6.45) is 2.66. The quantitative estimate of drug-likeness (QED) is 0.878. The van der Waals surface area contributed by atoms with Gasteiger partial charge in [-0.05, 0) is 31.9 Å². The van der Waals surface area contributed by atoms with E-state index in [-0.39, 0.29) is 17.2 Å². The van der Waals surface area contributed by atoms with Crippen molar-refractivity contribution in [2.45, 2.75) is 32.6 Å². The summed E-state index contributed by atoms with van der Waals surface area (Å²) in [6, 6.07) is 9.16. The topological polar surface area (TPSA) is 93.3 Å². The third kappa shape index (κ3) is 3.16. The highest BCUT2D eigenvalue weighted by Crippen LogP contribution is 2.31. The van der Waals surface area contributed by atoms with Gasteiger partial charge in [-0.3, -0.25) is 19.1 Å². The van der Waals surface area contributed by atoms with E-state index >= 15 is 0 Å². The van der Waals surface area contributed by atoms with Crippen LogP contribution in [0.5, 0.6) is 0 Å². The molecule has 3 rings (SSSR count). The summed E-state index contributed by atoms with van der Waals surface area (Å²) in [5.74, 6) is -2.63. The van der Waals surface area contributed by atoms with Crippen LogP contribution in [0.3, 0.4) is 0 Å². The molecule has 1 aromatic heterocycles. The van der Waals surface area contributed by atoms with E-state index in [1.807, 2.05) is 30.3 Å². The molecule has 1 aromatic carbocycles. The fraction of sp³-hybridized carbons (Fsp3) is 0.421. The van der Waals surface area contributed by atoms with Gasteiger partial charge in [-0.25, -0.2) is 4.68 Å². The molecule has 1 aliphatic rings. The fourth-order valence-electron chi connectivity index (χ4n) is 3.67. The van der Waals surface area contributed by atoms with Crippen molar-refractivity contribution in [2.24, 2.45) is 18.9 Å². The molecular formula is C19H23N3O4. The van der Waals surface area contributed by atoms with E-state index in [1.165, 1.54) is 4.68 Å². The number of anilines is 1. The van der Waals surface area contributed by atoms with Crippen LogP contribution >= 0.6 is 0 Å². The third-order valence-electron chi connectivity index (χ3n) is 5.22. The van der Waals surface area contributed by atoms with E-state index in [2.05, 4.69) is 5.32 Å². The lowest BCUT2D eigenvalue weighted by Gasteiger charge is -2.27. The molecular weight excluding hydrogens is 334 g/mol. The number of nitrogens with one attached hydrogen (secondary N) is 1. The first-order chi connectivity index (χ1) is 12.4. The zero-order chi connectivity index (χ0) is 18.8. The molecule has 0 radical (unpaired) electrons. The Morgan fingerprint density at radius 1 is 1.12 bits per heavy atom. The molecule has 0 bridgehead atoms. The van der Waals surface area contributed by atoms with Crippen LogP contribution in [0.1, 0.15) is 31.4 Å². The molecule has 0 aliphatic heterocycles. The number of hydrogen-bond donors (Lipinski definition) is 2. The van der Waals surface area contributed by atoms with E-state index in [0.29, 0.717) is 24.2 Å². The van der Waals surface area contributed by atoms with Crippen molar-refractivity contribution in [3.05, 3.63) is 46.4 Å². The smallest absolute Gasteiger partial charge is 0.307 e. The Balaban J connectivity index is 1.92. The number of carboxylic acids is 1. The second-order valence-electron chi connectivity index (χ2n) is 6.76. The minimum atomic E-state index is -0.948. The van der Waals surface area contributed by atoms with Crippen LogP contribution in [-0.2, 0) is 16.6 Å². The molecule has 7 heteroatoms. The van der Waals surface area contributed by atoms with Gasteiger partial charge >= 0.3 is 5.97 Å². The largest absolute Gasteiger partial charge is 0.481 e. The van der Waals surface area contributed by atoms with Gasteiger partial charge in [-0.2, -0.15) is 0 Å². The lowest BCUT2D eigenvalue weighted by Crippen LogP contribution is -2.37. The van der Waals surface area contributed by atoms with Gasteiger partial charge in [-0.1, -0.05) is 31.0 Å². The lowest BCUT2D eigenvalue weighted by molar-refractivity contribution is -0.147. The van der Waals surface area contributed by atoms with Crippen LogP contribution in [0.25, 0.3) is 5.69 Å². The molecule has 2 atom stereocenters. The first-order valence-corrected chi connectivity index (χ1v) is 8.79. The highest BCUT2D eigenvalue weighted by atomic mass is 16.4. The lowest BCUT2D eigenvalue weighted by atomic mass is 9.78. The summed E-state index contributed by atoms with van der Waals surface area (Å²) in [5, 5.41) is 12.1. The first kappa shape index (κ1) is 18.0. The van der Waals surface area contributed by atoms with Crippen molar-refractivity contribution in [3.63, 3.8) is 0 Å². The van der Waals surface area contributed by atoms with Crippen molar-refractivity contribution in [2.75, 3.05) is 5.32 Å². The number of amides is 1. The molecule has 138 valence electrons. The zero-order valence-corrected chi connectivity index (χ0v) is 14.9. The van der Waals surface area contributed by atoms with Gasteiger partial charge in [0.1, 0.15) is 5.69 Å². The standard InChI is InChI=1S/C19H23N3O4/c1-12-16(18(24)22(21(12)2)13-8-4-3-5-9-13)20-17(23)14-10-6-7-11-15(14)19(25)26/h3-5,8-9,14-15H,6-7,10-11H2,1-2H3,(H,20,23)(H,25,26)/t14-,15+/m0/s1. The van der Waals surface area contributed by atoms with Crippen molar-refractivity contribution >= 4 is 17.6 Å². The minimum absolute atomic E-state index is 0.205. The number of para-hydroxylation sites is 1. The molecule has 26 heavy (non-hydrogen) atoms. The predicted molar refractivity (Wildman–Crippen MR) is 97.5 cm³/mol. The maximum Gasteiger partial charge on any atom is 0.307 e. The highest BCUT2D eigenvalue weighted by molar-refractivity contribution is 5.95. The fourth-order valence-corrected chi connectivity index (χ4v) is 3.67. The van der Waals surface area contributed by atoms with E-state index in [9.17, 15) is 19.5 Å². The van der Waals surface area contributed by atoms with Gasteiger partial charge in [0.2, 0.25) is 5.91 Å². The van der Waals surface area contributed by atoms with E-state index in [0.717, 1.165) is 12.8 Å². The number of carbonyl (C=O) groups is 2. The SMILES string of the molecule is Cc1c(NC(=O)[C@H]2CCCC[C@H]2C(=O)O)c(=O)n(-c2ccccc2)n1C. The summed E-state index contributed by atoms with van der Waals surface area (Å²) in [4.78, 5) is 37.0. The van der Waals surface area contributed by atoms with E-state index < -0.39 is 17.8 Å². The molecule has 7 nitrogen and oxygen atoms in total. The molecule has 1 fully saturated rings. The van der Waals surface area contributed by atoms with Crippen LogP contribution in [0.4, 0.5) is 5.69 Å². The van der Waals surface area contributed by atoms with Gasteiger partial charge in [0.05, 0.1) is 23.2 Å². The molecule has 1 aliphatic carbocycles. The van der Waals surface area contributed by atoms with Crippen LogP contribution in [0.15, 0.2) is 35.1 Å². The van der Waals surface area contributed by atoms with Crippen LogP contribution in [0, 0.1) is 18.8 Å². The van der Waals surface area contributed by atoms with Gasteiger partial charge in [-0.15, -0.1) is 0 Å². The van der Waals surface area contributed by atoms with Gasteiger partial charge in [0, 0.05) is 7.05 Å². The van der Waals surface area contributed by atoms with Crippen LogP contribution in [-0.4, -0.2) is 26.3 Å². The first-order valence-electron chi connectivity index (χ1n) is 8.79. The molecule has 0 saturated heterocycles. The molecule has 1 saturated carbocycles. The summed E-state index contributed by atoms with van der Waals surface area (Å²) in [7, 11) is 1.75. The van der Waals surface area contributed by atoms with Crippen LogP contribution in [0.2, 0.25) is 0 Å². The molecule has 1 heterocycles. The zero-order valence-electron chi connectivity index (χ0n) is 14.9. The number of aromatic nitrogens is 2. The Labute approximate surface area is 151 Å². The Morgan fingerprint density at radius 2 is 1.73 bits per heavy atom. The normalized spacial score (nSPS) is 19.9. The number of benzene rings is 1. The average molecular weight is 357 g/mol. The summed E-state index contributed by atoms with van der Waals surface area (Å²) >= 11 is 0. The van der Waals surface area contributed by atoms with E-state index in [4.69, 9.17) is 0 Å². The van der Waals surface area contributed by atoms with Crippen molar-refractivity contribution in [1.82, 2.24) is 9.36 Å². The van der Waals surface area contributed by atoms with Gasteiger partial charge in [0.25, 0.3) is 5.56 Å². The number of carboxylic acid groups (broad SMARTS) is 1. The summed E-state index contributed by atoms with van der Waals surface area (Å²) in [5.41, 5.74) is 1.20. The third-order valence-corrected chi connectivity index (χ3v) is 5.22. The number of hydrogen-bond acceptors (Lipinski definition) is 3. The van der Waals surface area contributed by atoms with Gasteiger partial charge in [0.15, 0.2) is 0 Å². The molecule has 2 aromatic rings. The van der Waals surface area contributed by atoms with Crippen LogP contribution < -0.4 is 10.9 Å².